The third-order valence-corrected chi connectivity index (χ3v) is 4.43. The number of guanidine groups is 1. The van der Waals surface area contributed by atoms with Crippen molar-refractivity contribution < 1.29 is 13.9 Å². The van der Waals surface area contributed by atoms with E-state index in [9.17, 15) is 0 Å². The molecule has 148 valence electrons. The molecule has 2 heterocycles. The monoisotopic (exact) mass is 365 g/mol. The zero-order chi connectivity index (χ0) is 18.6. The molecule has 1 aromatic heterocycles. The number of hydrogen-bond acceptors (Lipinski definition) is 4. The van der Waals surface area contributed by atoms with E-state index in [1.54, 1.807) is 13.4 Å². The first-order chi connectivity index (χ1) is 12.7. The lowest BCUT2D eigenvalue weighted by atomic mass is 10.1. The molecule has 6 nitrogen and oxygen atoms in total. The van der Waals surface area contributed by atoms with E-state index in [2.05, 4.69) is 24.1 Å². The highest BCUT2D eigenvalue weighted by molar-refractivity contribution is 5.80. The Morgan fingerprint density at radius 2 is 2.15 bits per heavy atom. The molecule has 0 saturated carbocycles. The fraction of sp³-hybridized carbons (Fsp3) is 0.750. The van der Waals surface area contributed by atoms with Crippen LogP contribution in [0.2, 0.25) is 0 Å². The second kappa shape index (κ2) is 12.0. The second-order valence-corrected chi connectivity index (χ2v) is 7.22. The summed E-state index contributed by atoms with van der Waals surface area (Å²) in [5, 5.41) is 3.52. The van der Waals surface area contributed by atoms with Crippen LogP contribution in [0.3, 0.4) is 0 Å². The van der Waals surface area contributed by atoms with Gasteiger partial charge < -0.3 is 24.1 Å². The fourth-order valence-electron chi connectivity index (χ4n) is 2.98. The molecule has 1 N–H and O–H groups in total. The van der Waals surface area contributed by atoms with Crippen molar-refractivity contribution in [3.63, 3.8) is 0 Å². The molecule has 2 rings (SSSR count). The number of ether oxygens (including phenoxy) is 2. The first-order valence-electron chi connectivity index (χ1n) is 9.85. The van der Waals surface area contributed by atoms with Gasteiger partial charge in [0, 0.05) is 52.9 Å². The van der Waals surface area contributed by atoms with Gasteiger partial charge in [-0.2, -0.15) is 0 Å². The van der Waals surface area contributed by atoms with Crippen LogP contribution in [-0.2, 0) is 15.9 Å². The molecule has 1 aliphatic heterocycles. The summed E-state index contributed by atoms with van der Waals surface area (Å²) in [4.78, 5) is 7.18. The number of likely N-dealkylation sites (tertiary alicyclic amines) is 1. The Bertz CT molecular complexity index is 494. The average Bonchev–Trinajstić information content (AvgIpc) is 3.15. The van der Waals surface area contributed by atoms with Crippen LogP contribution >= 0.6 is 0 Å². The predicted octanol–water partition coefficient (Wildman–Crippen LogP) is 2.94. The van der Waals surface area contributed by atoms with Gasteiger partial charge in [0.1, 0.15) is 5.76 Å². The number of methoxy groups -OCH3 is 1. The minimum Gasteiger partial charge on any atom is -0.469 e. The number of aliphatic imine (C=N–C) groups is 1. The van der Waals surface area contributed by atoms with Gasteiger partial charge in [0.2, 0.25) is 0 Å². The smallest absolute Gasteiger partial charge is 0.193 e. The highest BCUT2D eigenvalue weighted by Crippen LogP contribution is 2.14. The lowest BCUT2D eigenvalue weighted by Gasteiger charge is -2.34. The van der Waals surface area contributed by atoms with Crippen molar-refractivity contribution >= 4 is 5.96 Å². The summed E-state index contributed by atoms with van der Waals surface area (Å²) in [6.07, 6.45) is 6.01. The molecule has 0 amide bonds. The van der Waals surface area contributed by atoms with Gasteiger partial charge in [-0.05, 0) is 37.3 Å². The maximum atomic E-state index is 5.96. The number of piperidine rings is 1. The van der Waals surface area contributed by atoms with Crippen molar-refractivity contribution in [2.24, 2.45) is 10.9 Å². The Morgan fingerprint density at radius 3 is 2.81 bits per heavy atom. The maximum absolute atomic E-state index is 5.96. The number of hydrogen-bond donors (Lipinski definition) is 1. The molecular weight excluding hydrogens is 330 g/mol. The molecular formula is C20H35N3O3. The zero-order valence-electron chi connectivity index (χ0n) is 16.6. The van der Waals surface area contributed by atoms with Gasteiger partial charge in [0.25, 0.3) is 0 Å². The lowest BCUT2D eigenvalue weighted by molar-refractivity contribution is 0.00989. The summed E-state index contributed by atoms with van der Waals surface area (Å²) >= 11 is 0. The SMILES string of the molecule is COCCCOC1CCN(C(=NCC(C)C)NCCc2ccco2)CC1. The standard InChI is InChI=1S/C20H35N3O3/c1-17(2)16-22-20(21-10-7-18-6-4-14-25-18)23-11-8-19(9-12-23)26-15-5-13-24-3/h4,6,14,17,19H,5,7-13,15-16H2,1-3H3,(H,21,22). The molecule has 0 aromatic carbocycles. The molecule has 0 radical (unpaired) electrons. The number of rotatable bonds is 10. The summed E-state index contributed by atoms with van der Waals surface area (Å²) in [7, 11) is 1.73. The van der Waals surface area contributed by atoms with E-state index in [4.69, 9.17) is 18.9 Å². The Morgan fingerprint density at radius 1 is 1.35 bits per heavy atom. The summed E-state index contributed by atoms with van der Waals surface area (Å²) in [5.74, 6) is 2.57. The molecule has 0 unspecified atom stereocenters. The molecule has 1 saturated heterocycles. The highest BCUT2D eigenvalue weighted by atomic mass is 16.5. The van der Waals surface area contributed by atoms with E-state index < -0.39 is 0 Å². The van der Waals surface area contributed by atoms with Crippen LogP contribution in [0.25, 0.3) is 0 Å². The Balaban J connectivity index is 1.77. The van der Waals surface area contributed by atoms with Crippen molar-refractivity contribution in [1.29, 1.82) is 0 Å². The Labute approximate surface area is 157 Å². The van der Waals surface area contributed by atoms with E-state index in [0.29, 0.717) is 12.0 Å². The normalized spacial score (nSPS) is 16.5. The summed E-state index contributed by atoms with van der Waals surface area (Å²) < 4.78 is 16.4. The first-order valence-corrected chi connectivity index (χ1v) is 9.85. The molecule has 1 aromatic rings. The topological polar surface area (TPSA) is 59.2 Å². The molecule has 0 spiro atoms. The Hall–Kier alpha value is -1.53. The van der Waals surface area contributed by atoms with Gasteiger partial charge in [0.05, 0.1) is 12.4 Å². The molecule has 0 bridgehead atoms. The van der Waals surface area contributed by atoms with Gasteiger partial charge in [-0.1, -0.05) is 13.8 Å². The third kappa shape index (κ3) is 7.79. The van der Waals surface area contributed by atoms with Gasteiger partial charge in [-0.3, -0.25) is 4.99 Å². The fourth-order valence-corrected chi connectivity index (χ4v) is 2.98. The minimum absolute atomic E-state index is 0.359. The predicted molar refractivity (Wildman–Crippen MR) is 105 cm³/mol. The van der Waals surface area contributed by atoms with E-state index >= 15 is 0 Å². The highest BCUT2D eigenvalue weighted by Gasteiger charge is 2.22. The van der Waals surface area contributed by atoms with E-state index in [0.717, 1.165) is 76.8 Å². The molecule has 0 atom stereocenters. The van der Waals surface area contributed by atoms with Crippen molar-refractivity contribution in [1.82, 2.24) is 10.2 Å². The summed E-state index contributed by atoms with van der Waals surface area (Å²) in [6, 6.07) is 3.94. The third-order valence-electron chi connectivity index (χ3n) is 4.43. The van der Waals surface area contributed by atoms with Crippen LogP contribution in [0.15, 0.2) is 27.8 Å². The molecule has 6 heteroatoms. The number of nitrogens with zero attached hydrogens (tertiary/aromatic N) is 2. The van der Waals surface area contributed by atoms with Gasteiger partial charge in [-0.15, -0.1) is 0 Å². The summed E-state index contributed by atoms with van der Waals surface area (Å²) in [6.45, 7) is 9.60. The maximum Gasteiger partial charge on any atom is 0.193 e. The number of nitrogens with one attached hydrogen (secondary N) is 1. The van der Waals surface area contributed by atoms with Crippen LogP contribution in [0.1, 0.15) is 38.9 Å². The van der Waals surface area contributed by atoms with Crippen molar-refractivity contribution in [3.8, 4) is 0 Å². The average molecular weight is 366 g/mol. The largest absolute Gasteiger partial charge is 0.469 e. The minimum atomic E-state index is 0.359. The van der Waals surface area contributed by atoms with Crippen LogP contribution in [0, 0.1) is 5.92 Å². The second-order valence-electron chi connectivity index (χ2n) is 7.22. The quantitative estimate of drug-likeness (QED) is 0.392. The van der Waals surface area contributed by atoms with Crippen LogP contribution in [0.4, 0.5) is 0 Å². The van der Waals surface area contributed by atoms with Crippen LogP contribution in [0.5, 0.6) is 0 Å². The number of furan rings is 1. The van der Waals surface area contributed by atoms with Gasteiger partial charge in [-0.25, -0.2) is 0 Å². The van der Waals surface area contributed by atoms with Crippen LogP contribution < -0.4 is 5.32 Å². The van der Waals surface area contributed by atoms with E-state index in [1.807, 2.05) is 12.1 Å². The van der Waals surface area contributed by atoms with Gasteiger partial charge >= 0.3 is 0 Å². The zero-order valence-corrected chi connectivity index (χ0v) is 16.6. The van der Waals surface area contributed by atoms with Crippen LogP contribution in [-0.4, -0.2) is 63.5 Å². The molecule has 0 aliphatic carbocycles. The van der Waals surface area contributed by atoms with Gasteiger partial charge in [0.15, 0.2) is 5.96 Å². The molecule has 1 aliphatic rings. The lowest BCUT2D eigenvalue weighted by Crippen LogP contribution is -2.47. The van der Waals surface area contributed by atoms with Crippen molar-refractivity contribution in [3.05, 3.63) is 24.2 Å². The van der Waals surface area contributed by atoms with Crippen molar-refractivity contribution in [2.75, 3.05) is 46.5 Å². The van der Waals surface area contributed by atoms with E-state index in [-0.39, 0.29) is 0 Å². The molecule has 26 heavy (non-hydrogen) atoms. The summed E-state index contributed by atoms with van der Waals surface area (Å²) in [5.41, 5.74) is 0. The van der Waals surface area contributed by atoms with Crippen molar-refractivity contribution in [2.45, 2.75) is 45.6 Å². The molecule has 1 fully saturated rings. The van der Waals surface area contributed by atoms with E-state index in [1.165, 1.54) is 0 Å². The first kappa shape index (κ1) is 20.8. The Kier molecular flexibility index (Phi) is 9.56.